The Morgan fingerprint density at radius 3 is 2.47 bits per heavy atom. The molecule has 0 aromatic carbocycles. The molecule has 0 radical (unpaired) electrons. The fourth-order valence-corrected chi connectivity index (χ4v) is 2.29. The van der Waals surface area contributed by atoms with Crippen LogP contribution < -0.4 is 5.32 Å². The maximum absolute atomic E-state index is 11.7. The van der Waals surface area contributed by atoms with Gasteiger partial charge in [0.1, 0.15) is 11.9 Å². The van der Waals surface area contributed by atoms with E-state index in [0.717, 1.165) is 19.1 Å². The van der Waals surface area contributed by atoms with Gasteiger partial charge in [-0.3, -0.25) is 0 Å². The molecule has 0 bridgehead atoms. The third kappa shape index (κ3) is 5.20. The van der Waals surface area contributed by atoms with E-state index in [-0.39, 0.29) is 6.04 Å². The molecule has 1 aliphatic carbocycles. The average molecular weight is 241 g/mol. The van der Waals surface area contributed by atoms with E-state index >= 15 is 0 Å². The summed E-state index contributed by atoms with van der Waals surface area (Å²) in [5.41, 5.74) is -0.495. The van der Waals surface area contributed by atoms with E-state index in [0.29, 0.717) is 12.3 Å². The van der Waals surface area contributed by atoms with Gasteiger partial charge in [0.25, 0.3) is 0 Å². The summed E-state index contributed by atoms with van der Waals surface area (Å²) in [6, 6.07) is -0.0650. The Morgan fingerprint density at radius 1 is 1.41 bits per heavy atom. The van der Waals surface area contributed by atoms with Crippen molar-refractivity contribution in [2.24, 2.45) is 5.92 Å². The molecule has 0 aliphatic heterocycles. The summed E-state index contributed by atoms with van der Waals surface area (Å²) in [5, 5.41) is 2.82. The van der Waals surface area contributed by atoms with Crippen LogP contribution in [0.15, 0.2) is 0 Å². The van der Waals surface area contributed by atoms with Crippen molar-refractivity contribution in [2.45, 2.75) is 64.5 Å². The zero-order valence-corrected chi connectivity index (χ0v) is 11.0. The highest BCUT2D eigenvalue weighted by molar-refractivity contribution is 5.68. The zero-order chi connectivity index (χ0) is 12.9. The van der Waals surface area contributed by atoms with Crippen LogP contribution >= 0.6 is 0 Å². The molecule has 1 saturated carbocycles. The molecule has 1 atom stereocenters. The van der Waals surface area contributed by atoms with Crippen LogP contribution in [0, 0.1) is 5.92 Å². The normalized spacial score (nSPS) is 18.8. The van der Waals surface area contributed by atoms with Crippen molar-refractivity contribution >= 4 is 12.4 Å². The van der Waals surface area contributed by atoms with Crippen LogP contribution in [-0.4, -0.2) is 24.0 Å². The summed E-state index contributed by atoms with van der Waals surface area (Å²) in [6.07, 6.45) is 5.40. The van der Waals surface area contributed by atoms with Gasteiger partial charge in [-0.25, -0.2) is 4.79 Å². The van der Waals surface area contributed by atoms with Gasteiger partial charge >= 0.3 is 6.09 Å². The molecular formula is C13H23NO3. The standard InChI is InChI=1S/C13H23NO3/c1-13(2,3)17-12(16)14-11(8-9-15)10-6-4-5-7-10/h9-11H,4-8H2,1-3H3,(H,14,16). The molecule has 0 aromatic rings. The highest BCUT2D eigenvalue weighted by Crippen LogP contribution is 2.28. The van der Waals surface area contributed by atoms with E-state index in [1.165, 1.54) is 12.8 Å². The van der Waals surface area contributed by atoms with Crippen LogP contribution in [-0.2, 0) is 9.53 Å². The summed E-state index contributed by atoms with van der Waals surface area (Å²) in [5.74, 6) is 0.424. The summed E-state index contributed by atoms with van der Waals surface area (Å²) in [6.45, 7) is 5.49. The molecule has 1 amide bonds. The number of carbonyl (C=O) groups excluding carboxylic acids is 2. The number of carbonyl (C=O) groups is 2. The maximum atomic E-state index is 11.7. The number of aldehydes is 1. The van der Waals surface area contributed by atoms with E-state index in [2.05, 4.69) is 5.32 Å². The van der Waals surface area contributed by atoms with Gasteiger partial charge in [0, 0.05) is 12.5 Å². The van der Waals surface area contributed by atoms with Gasteiger partial charge in [-0.15, -0.1) is 0 Å². The van der Waals surface area contributed by atoms with Crippen LogP contribution in [0.3, 0.4) is 0 Å². The van der Waals surface area contributed by atoms with Crippen LogP contribution in [0.25, 0.3) is 0 Å². The molecule has 4 nitrogen and oxygen atoms in total. The Morgan fingerprint density at radius 2 is 2.00 bits per heavy atom. The summed E-state index contributed by atoms with van der Waals surface area (Å²) >= 11 is 0. The lowest BCUT2D eigenvalue weighted by molar-refractivity contribution is -0.108. The van der Waals surface area contributed by atoms with Gasteiger partial charge in [-0.2, -0.15) is 0 Å². The van der Waals surface area contributed by atoms with Crippen LogP contribution in [0.4, 0.5) is 4.79 Å². The minimum atomic E-state index is -0.495. The Hall–Kier alpha value is -1.06. The first-order valence-corrected chi connectivity index (χ1v) is 6.35. The molecule has 1 fully saturated rings. The van der Waals surface area contributed by atoms with Crippen molar-refractivity contribution < 1.29 is 14.3 Å². The van der Waals surface area contributed by atoms with Crippen molar-refractivity contribution in [3.63, 3.8) is 0 Å². The van der Waals surface area contributed by atoms with Gasteiger partial charge < -0.3 is 14.8 Å². The Kier molecular flexibility index (Phi) is 4.97. The van der Waals surface area contributed by atoms with Gasteiger partial charge in [0.05, 0.1) is 0 Å². The first-order valence-electron chi connectivity index (χ1n) is 6.35. The smallest absolute Gasteiger partial charge is 0.407 e. The second-order valence-electron chi connectivity index (χ2n) is 5.70. The Labute approximate surface area is 103 Å². The first kappa shape index (κ1) is 14.0. The number of rotatable bonds is 4. The van der Waals surface area contributed by atoms with Gasteiger partial charge in [0.15, 0.2) is 0 Å². The summed E-state index contributed by atoms with van der Waals surface area (Å²) in [7, 11) is 0. The van der Waals surface area contributed by atoms with Crippen molar-refractivity contribution in [1.82, 2.24) is 5.32 Å². The molecule has 17 heavy (non-hydrogen) atoms. The number of ether oxygens (including phenoxy) is 1. The number of amides is 1. The molecule has 0 aromatic heterocycles. The Bertz CT molecular complexity index is 264. The maximum Gasteiger partial charge on any atom is 0.407 e. The molecule has 0 saturated heterocycles. The number of alkyl carbamates (subject to hydrolysis) is 1. The summed E-state index contributed by atoms with van der Waals surface area (Å²) in [4.78, 5) is 22.3. The number of hydrogen-bond acceptors (Lipinski definition) is 3. The minimum absolute atomic E-state index is 0.0650. The van der Waals surface area contributed by atoms with Crippen LogP contribution in [0.1, 0.15) is 52.9 Å². The predicted octanol–water partition coefficient (Wildman–Crippen LogP) is 2.66. The van der Waals surface area contributed by atoms with Crippen molar-refractivity contribution in [2.75, 3.05) is 0 Å². The zero-order valence-electron chi connectivity index (χ0n) is 11.0. The van der Waals surface area contributed by atoms with E-state index in [9.17, 15) is 9.59 Å². The third-order valence-electron chi connectivity index (χ3n) is 3.02. The van der Waals surface area contributed by atoms with Crippen LogP contribution in [0.5, 0.6) is 0 Å². The SMILES string of the molecule is CC(C)(C)OC(=O)NC(CC=O)C1CCCC1. The van der Waals surface area contributed by atoms with Crippen molar-refractivity contribution in [1.29, 1.82) is 0 Å². The lowest BCUT2D eigenvalue weighted by Crippen LogP contribution is -2.42. The summed E-state index contributed by atoms with van der Waals surface area (Å²) < 4.78 is 5.21. The fraction of sp³-hybridized carbons (Fsp3) is 0.846. The molecule has 4 heteroatoms. The molecule has 0 spiro atoms. The quantitative estimate of drug-likeness (QED) is 0.770. The van der Waals surface area contributed by atoms with E-state index < -0.39 is 11.7 Å². The molecule has 1 N–H and O–H groups in total. The molecule has 1 aliphatic rings. The lowest BCUT2D eigenvalue weighted by Gasteiger charge is -2.25. The van der Waals surface area contributed by atoms with Crippen LogP contribution in [0.2, 0.25) is 0 Å². The number of hydrogen-bond donors (Lipinski definition) is 1. The molecule has 1 rings (SSSR count). The predicted molar refractivity (Wildman–Crippen MR) is 65.8 cm³/mol. The molecule has 0 heterocycles. The monoisotopic (exact) mass is 241 g/mol. The molecule has 1 unspecified atom stereocenters. The molecule has 98 valence electrons. The third-order valence-corrected chi connectivity index (χ3v) is 3.02. The lowest BCUT2D eigenvalue weighted by atomic mass is 9.96. The van der Waals surface area contributed by atoms with Crippen molar-refractivity contribution in [3.8, 4) is 0 Å². The number of nitrogens with one attached hydrogen (secondary N) is 1. The second kappa shape index (κ2) is 6.03. The average Bonchev–Trinajstić information content (AvgIpc) is 2.66. The van der Waals surface area contributed by atoms with E-state index in [4.69, 9.17) is 4.74 Å². The second-order valence-corrected chi connectivity index (χ2v) is 5.70. The van der Waals surface area contributed by atoms with E-state index in [1.807, 2.05) is 20.8 Å². The Balaban J connectivity index is 2.48. The minimum Gasteiger partial charge on any atom is -0.444 e. The van der Waals surface area contributed by atoms with Crippen molar-refractivity contribution in [3.05, 3.63) is 0 Å². The largest absolute Gasteiger partial charge is 0.444 e. The highest BCUT2D eigenvalue weighted by Gasteiger charge is 2.27. The van der Waals surface area contributed by atoms with Gasteiger partial charge in [0.2, 0.25) is 0 Å². The molecular weight excluding hydrogens is 218 g/mol. The first-order chi connectivity index (χ1) is 7.92. The van der Waals surface area contributed by atoms with Gasteiger partial charge in [-0.05, 0) is 39.5 Å². The van der Waals surface area contributed by atoms with Gasteiger partial charge in [-0.1, -0.05) is 12.8 Å². The van der Waals surface area contributed by atoms with E-state index in [1.54, 1.807) is 0 Å². The fourth-order valence-electron chi connectivity index (χ4n) is 2.29. The topological polar surface area (TPSA) is 55.4 Å². The highest BCUT2D eigenvalue weighted by atomic mass is 16.6.